The van der Waals surface area contributed by atoms with Crippen molar-refractivity contribution in [2.45, 2.75) is 13.0 Å². The van der Waals surface area contributed by atoms with Crippen LogP contribution in [0.1, 0.15) is 39.3 Å². The van der Waals surface area contributed by atoms with Crippen LogP contribution in [0.3, 0.4) is 0 Å². The van der Waals surface area contributed by atoms with Gasteiger partial charge in [0, 0.05) is 31.3 Å². The van der Waals surface area contributed by atoms with E-state index < -0.39 is 17.8 Å². The summed E-state index contributed by atoms with van der Waals surface area (Å²) in [5.74, 6) is -0.947. The molecule has 2 aromatic carbocycles. The minimum Gasteiger partial charge on any atom is -0.387 e. The van der Waals surface area contributed by atoms with E-state index in [1.807, 2.05) is 6.92 Å². The van der Waals surface area contributed by atoms with E-state index >= 15 is 0 Å². The molecule has 0 heterocycles. The topological polar surface area (TPSA) is 69.6 Å². The Morgan fingerprint density at radius 3 is 2.44 bits per heavy atom. The second kappa shape index (κ2) is 8.39. The maximum absolute atomic E-state index is 12.9. The molecule has 0 saturated carbocycles. The zero-order valence-electron chi connectivity index (χ0n) is 14.2. The number of carbonyl (C=O) groups is 2. The number of nitrogens with one attached hydrogen (secondary N) is 1. The largest absolute Gasteiger partial charge is 0.387 e. The van der Waals surface area contributed by atoms with Gasteiger partial charge in [0.1, 0.15) is 5.82 Å². The van der Waals surface area contributed by atoms with Crippen LogP contribution in [0.15, 0.2) is 48.5 Å². The molecule has 5 nitrogen and oxygen atoms in total. The summed E-state index contributed by atoms with van der Waals surface area (Å²) in [5, 5.41) is 12.7. The van der Waals surface area contributed by atoms with E-state index in [4.69, 9.17) is 0 Å². The van der Waals surface area contributed by atoms with Gasteiger partial charge in [-0.05, 0) is 42.8 Å². The number of benzene rings is 2. The Hall–Kier alpha value is -2.73. The lowest BCUT2D eigenvalue weighted by molar-refractivity contribution is 0.0802. The molecule has 6 heteroatoms. The van der Waals surface area contributed by atoms with E-state index in [9.17, 15) is 19.1 Å². The molecule has 25 heavy (non-hydrogen) atoms. The van der Waals surface area contributed by atoms with E-state index in [-0.39, 0.29) is 12.5 Å². The van der Waals surface area contributed by atoms with Crippen LogP contribution >= 0.6 is 0 Å². The number of aliphatic hydroxyl groups excluding tert-OH is 1. The first-order valence-electron chi connectivity index (χ1n) is 7.99. The van der Waals surface area contributed by atoms with Gasteiger partial charge in [0.15, 0.2) is 0 Å². The number of rotatable bonds is 6. The molecule has 132 valence electrons. The van der Waals surface area contributed by atoms with Crippen molar-refractivity contribution >= 4 is 11.8 Å². The maximum atomic E-state index is 12.9. The van der Waals surface area contributed by atoms with Crippen LogP contribution in [0.5, 0.6) is 0 Å². The van der Waals surface area contributed by atoms with Crippen LogP contribution < -0.4 is 5.32 Å². The fraction of sp³-hybridized carbons (Fsp3) is 0.263. The zero-order chi connectivity index (χ0) is 18.4. The van der Waals surface area contributed by atoms with Crippen molar-refractivity contribution in [3.63, 3.8) is 0 Å². The van der Waals surface area contributed by atoms with Crippen LogP contribution in [0.4, 0.5) is 4.39 Å². The summed E-state index contributed by atoms with van der Waals surface area (Å²) in [6.07, 6.45) is -0.944. The lowest BCUT2D eigenvalue weighted by Gasteiger charge is -2.15. The normalized spacial score (nSPS) is 11.7. The lowest BCUT2D eigenvalue weighted by Crippen LogP contribution is -2.29. The second-order valence-corrected chi connectivity index (χ2v) is 5.68. The molecule has 0 aliphatic heterocycles. The predicted octanol–water partition coefficient (Wildman–Crippen LogP) is 2.38. The molecule has 0 radical (unpaired) electrons. The van der Waals surface area contributed by atoms with Gasteiger partial charge in [0.25, 0.3) is 11.8 Å². The van der Waals surface area contributed by atoms with Crippen LogP contribution in [-0.4, -0.2) is 42.0 Å². The van der Waals surface area contributed by atoms with Crippen LogP contribution in [0.2, 0.25) is 0 Å². The van der Waals surface area contributed by atoms with E-state index in [1.165, 1.54) is 30.3 Å². The van der Waals surface area contributed by atoms with Gasteiger partial charge in [-0.3, -0.25) is 9.59 Å². The van der Waals surface area contributed by atoms with Crippen molar-refractivity contribution in [3.8, 4) is 0 Å². The number of hydrogen-bond donors (Lipinski definition) is 2. The van der Waals surface area contributed by atoms with Gasteiger partial charge in [0.05, 0.1) is 6.10 Å². The average Bonchev–Trinajstić information content (AvgIpc) is 2.65. The molecule has 0 fully saturated rings. The highest BCUT2D eigenvalue weighted by Crippen LogP contribution is 2.13. The summed E-state index contributed by atoms with van der Waals surface area (Å²) in [5.41, 5.74) is 1.27. The molecule has 0 bridgehead atoms. The second-order valence-electron chi connectivity index (χ2n) is 5.68. The minimum atomic E-state index is -0.944. The van der Waals surface area contributed by atoms with E-state index in [0.29, 0.717) is 23.2 Å². The smallest absolute Gasteiger partial charge is 0.253 e. The number of halogens is 1. The Morgan fingerprint density at radius 2 is 1.80 bits per heavy atom. The summed E-state index contributed by atoms with van der Waals surface area (Å²) >= 11 is 0. The third-order valence-electron chi connectivity index (χ3n) is 3.90. The van der Waals surface area contributed by atoms with Gasteiger partial charge in [-0.15, -0.1) is 0 Å². The Kier molecular flexibility index (Phi) is 6.25. The number of hydrogen-bond acceptors (Lipinski definition) is 3. The van der Waals surface area contributed by atoms with Crippen molar-refractivity contribution in [1.82, 2.24) is 10.2 Å². The van der Waals surface area contributed by atoms with Crippen molar-refractivity contribution in [2.75, 3.05) is 20.1 Å². The molecule has 2 aromatic rings. The highest BCUT2D eigenvalue weighted by molar-refractivity contribution is 5.99. The predicted molar refractivity (Wildman–Crippen MR) is 92.8 cm³/mol. The van der Waals surface area contributed by atoms with Crippen LogP contribution in [-0.2, 0) is 0 Å². The molecule has 2 rings (SSSR count). The summed E-state index contributed by atoms with van der Waals surface area (Å²) in [6, 6.07) is 11.8. The Bertz CT molecular complexity index is 747. The summed E-state index contributed by atoms with van der Waals surface area (Å²) in [4.78, 5) is 25.9. The first-order valence-corrected chi connectivity index (χ1v) is 7.99. The van der Waals surface area contributed by atoms with E-state index in [2.05, 4.69) is 5.32 Å². The summed E-state index contributed by atoms with van der Waals surface area (Å²) < 4.78 is 12.9. The SMILES string of the molecule is CCN(C)C(=O)c1cccc(C(=O)NCC(O)c2ccc(F)cc2)c1. The van der Waals surface area contributed by atoms with Crippen LogP contribution in [0.25, 0.3) is 0 Å². The number of aliphatic hydroxyl groups is 1. The molecule has 0 aliphatic rings. The zero-order valence-corrected chi connectivity index (χ0v) is 14.2. The molecule has 2 amide bonds. The van der Waals surface area contributed by atoms with Crippen molar-refractivity contribution in [3.05, 3.63) is 71.0 Å². The molecule has 0 aliphatic carbocycles. The van der Waals surface area contributed by atoms with Gasteiger partial charge in [-0.2, -0.15) is 0 Å². The quantitative estimate of drug-likeness (QED) is 0.845. The van der Waals surface area contributed by atoms with Gasteiger partial charge in [-0.25, -0.2) is 4.39 Å². The van der Waals surface area contributed by atoms with Gasteiger partial charge < -0.3 is 15.3 Å². The lowest BCUT2D eigenvalue weighted by atomic mass is 10.1. The highest BCUT2D eigenvalue weighted by Gasteiger charge is 2.14. The molecule has 0 spiro atoms. The van der Waals surface area contributed by atoms with Crippen molar-refractivity contribution in [2.24, 2.45) is 0 Å². The van der Waals surface area contributed by atoms with Gasteiger partial charge in [-0.1, -0.05) is 18.2 Å². The molecule has 2 N–H and O–H groups in total. The van der Waals surface area contributed by atoms with E-state index in [1.54, 1.807) is 30.1 Å². The van der Waals surface area contributed by atoms with Crippen molar-refractivity contribution in [1.29, 1.82) is 0 Å². The fourth-order valence-electron chi connectivity index (χ4n) is 2.25. The minimum absolute atomic E-state index is 0.0164. The third-order valence-corrected chi connectivity index (χ3v) is 3.90. The first kappa shape index (κ1) is 18.6. The number of amides is 2. The molecule has 1 unspecified atom stereocenters. The van der Waals surface area contributed by atoms with Crippen molar-refractivity contribution < 1.29 is 19.1 Å². The first-order chi connectivity index (χ1) is 11.9. The Balaban J connectivity index is 2.01. The standard InChI is InChI=1S/C19H21FN2O3/c1-3-22(2)19(25)15-6-4-5-14(11-15)18(24)21-12-17(23)13-7-9-16(20)10-8-13/h4-11,17,23H,3,12H2,1-2H3,(H,21,24). The molecule has 0 saturated heterocycles. The van der Waals surface area contributed by atoms with Gasteiger partial charge in [0.2, 0.25) is 0 Å². The highest BCUT2D eigenvalue weighted by atomic mass is 19.1. The van der Waals surface area contributed by atoms with E-state index in [0.717, 1.165) is 0 Å². The Morgan fingerprint density at radius 1 is 1.16 bits per heavy atom. The molecule has 0 aromatic heterocycles. The Labute approximate surface area is 146 Å². The molecular weight excluding hydrogens is 323 g/mol. The number of nitrogens with zero attached hydrogens (tertiary/aromatic N) is 1. The third kappa shape index (κ3) is 4.87. The monoisotopic (exact) mass is 344 g/mol. The number of carbonyl (C=O) groups excluding carboxylic acids is 2. The molecular formula is C19H21FN2O3. The fourth-order valence-corrected chi connectivity index (χ4v) is 2.25. The summed E-state index contributed by atoms with van der Waals surface area (Å²) in [6.45, 7) is 2.42. The van der Waals surface area contributed by atoms with Crippen LogP contribution in [0, 0.1) is 5.82 Å². The summed E-state index contributed by atoms with van der Waals surface area (Å²) in [7, 11) is 1.69. The molecule has 1 atom stereocenters. The average molecular weight is 344 g/mol. The van der Waals surface area contributed by atoms with Gasteiger partial charge >= 0.3 is 0 Å². The maximum Gasteiger partial charge on any atom is 0.253 e.